The molecule has 0 aliphatic heterocycles. The molecular formula is C15H30N2O2. The molecule has 0 radical (unpaired) electrons. The fourth-order valence-electron chi connectivity index (χ4n) is 2.88. The van der Waals surface area contributed by atoms with E-state index in [1.54, 1.807) is 6.92 Å². The fraction of sp³-hybridized carbons (Fsp3) is 0.933. The minimum absolute atomic E-state index is 0.0580. The van der Waals surface area contributed by atoms with Crippen LogP contribution in [0.2, 0.25) is 0 Å². The van der Waals surface area contributed by atoms with Crippen molar-refractivity contribution in [2.24, 2.45) is 11.8 Å². The standard InChI is InChI=1S/C15H30N2O2/c1-4-13-5-7-14(8-6-13)17-15(19)16-10-11(2)9-12(3)18/h11-14,18H,4-10H2,1-3H3,(H2,16,17,19). The van der Waals surface area contributed by atoms with Gasteiger partial charge in [0.2, 0.25) is 0 Å². The molecule has 0 saturated heterocycles. The predicted molar refractivity (Wildman–Crippen MR) is 78.0 cm³/mol. The second-order valence-corrected chi connectivity index (χ2v) is 6.17. The van der Waals surface area contributed by atoms with Gasteiger partial charge in [0.1, 0.15) is 0 Å². The van der Waals surface area contributed by atoms with E-state index in [1.807, 2.05) is 6.92 Å². The van der Waals surface area contributed by atoms with Gasteiger partial charge in [-0.3, -0.25) is 0 Å². The maximum atomic E-state index is 11.8. The van der Waals surface area contributed by atoms with E-state index in [9.17, 15) is 9.90 Å². The molecule has 1 aliphatic carbocycles. The minimum Gasteiger partial charge on any atom is -0.393 e. The Morgan fingerprint density at radius 3 is 2.42 bits per heavy atom. The van der Waals surface area contributed by atoms with Gasteiger partial charge in [0.05, 0.1) is 6.10 Å². The van der Waals surface area contributed by atoms with E-state index < -0.39 is 0 Å². The Hall–Kier alpha value is -0.770. The van der Waals surface area contributed by atoms with Crippen molar-refractivity contribution in [3.63, 3.8) is 0 Å². The van der Waals surface area contributed by atoms with Crippen molar-refractivity contribution in [2.75, 3.05) is 6.54 Å². The van der Waals surface area contributed by atoms with E-state index in [2.05, 4.69) is 17.6 Å². The number of hydrogen-bond acceptors (Lipinski definition) is 2. The largest absolute Gasteiger partial charge is 0.393 e. The lowest BCUT2D eigenvalue weighted by Crippen LogP contribution is -2.44. The molecule has 19 heavy (non-hydrogen) atoms. The van der Waals surface area contributed by atoms with Gasteiger partial charge in [-0.2, -0.15) is 0 Å². The Labute approximate surface area is 117 Å². The van der Waals surface area contributed by atoms with Crippen LogP contribution in [0.25, 0.3) is 0 Å². The predicted octanol–water partition coefficient (Wildman–Crippen LogP) is 2.66. The Morgan fingerprint density at radius 1 is 1.26 bits per heavy atom. The van der Waals surface area contributed by atoms with Crippen LogP contribution in [-0.2, 0) is 0 Å². The Bertz CT molecular complexity index is 261. The number of carbonyl (C=O) groups is 1. The topological polar surface area (TPSA) is 61.4 Å². The lowest BCUT2D eigenvalue weighted by Gasteiger charge is -2.28. The van der Waals surface area contributed by atoms with Crippen LogP contribution in [0.15, 0.2) is 0 Å². The molecule has 0 aromatic carbocycles. The summed E-state index contributed by atoms with van der Waals surface area (Å²) in [5, 5.41) is 15.2. The molecular weight excluding hydrogens is 240 g/mol. The number of hydrogen-bond donors (Lipinski definition) is 3. The van der Waals surface area contributed by atoms with Gasteiger partial charge in [0.25, 0.3) is 0 Å². The molecule has 1 fully saturated rings. The lowest BCUT2D eigenvalue weighted by molar-refractivity contribution is 0.163. The summed E-state index contributed by atoms with van der Waals surface area (Å²) in [4.78, 5) is 11.8. The average Bonchev–Trinajstić information content (AvgIpc) is 2.36. The molecule has 1 saturated carbocycles. The Balaban J connectivity index is 2.14. The Kier molecular flexibility index (Phi) is 7.21. The third-order valence-corrected chi connectivity index (χ3v) is 4.11. The molecule has 4 nitrogen and oxygen atoms in total. The molecule has 0 bridgehead atoms. The highest BCUT2D eigenvalue weighted by Crippen LogP contribution is 2.26. The van der Waals surface area contributed by atoms with Gasteiger partial charge in [0, 0.05) is 12.6 Å². The van der Waals surface area contributed by atoms with Crippen molar-refractivity contribution >= 4 is 6.03 Å². The molecule has 2 unspecified atom stereocenters. The van der Waals surface area contributed by atoms with Gasteiger partial charge in [-0.15, -0.1) is 0 Å². The molecule has 0 aromatic rings. The fourth-order valence-corrected chi connectivity index (χ4v) is 2.88. The van der Waals surface area contributed by atoms with E-state index in [0.29, 0.717) is 18.5 Å². The van der Waals surface area contributed by atoms with Crippen LogP contribution >= 0.6 is 0 Å². The molecule has 0 aromatic heterocycles. The molecule has 1 aliphatic rings. The van der Waals surface area contributed by atoms with E-state index in [4.69, 9.17) is 0 Å². The summed E-state index contributed by atoms with van der Waals surface area (Å²) < 4.78 is 0. The quantitative estimate of drug-likeness (QED) is 0.695. The normalized spacial score (nSPS) is 26.5. The van der Waals surface area contributed by atoms with Crippen molar-refractivity contribution in [1.82, 2.24) is 10.6 Å². The zero-order valence-electron chi connectivity index (χ0n) is 12.6. The first-order chi connectivity index (χ1) is 9.01. The first-order valence-electron chi connectivity index (χ1n) is 7.73. The summed E-state index contributed by atoms with van der Waals surface area (Å²) in [6.07, 6.45) is 6.37. The van der Waals surface area contributed by atoms with Crippen molar-refractivity contribution < 1.29 is 9.90 Å². The first-order valence-corrected chi connectivity index (χ1v) is 7.73. The summed E-state index contributed by atoms with van der Waals surface area (Å²) in [5.74, 6) is 1.16. The van der Waals surface area contributed by atoms with E-state index in [0.717, 1.165) is 25.2 Å². The average molecular weight is 270 g/mol. The van der Waals surface area contributed by atoms with Gasteiger partial charge in [-0.1, -0.05) is 20.3 Å². The maximum absolute atomic E-state index is 11.8. The van der Waals surface area contributed by atoms with Crippen LogP contribution in [0.1, 0.15) is 59.3 Å². The Morgan fingerprint density at radius 2 is 1.89 bits per heavy atom. The van der Waals surface area contributed by atoms with E-state index in [1.165, 1.54) is 19.3 Å². The van der Waals surface area contributed by atoms with Crippen molar-refractivity contribution in [3.8, 4) is 0 Å². The highest BCUT2D eigenvalue weighted by molar-refractivity contribution is 5.74. The van der Waals surface area contributed by atoms with Crippen LogP contribution in [0.4, 0.5) is 4.79 Å². The summed E-state index contributed by atoms with van der Waals surface area (Å²) in [7, 11) is 0. The van der Waals surface area contributed by atoms with Gasteiger partial charge < -0.3 is 15.7 Å². The molecule has 0 heterocycles. The molecule has 1 rings (SSSR count). The number of aliphatic hydroxyl groups excluding tert-OH is 1. The summed E-state index contributed by atoms with van der Waals surface area (Å²) >= 11 is 0. The zero-order chi connectivity index (χ0) is 14.3. The van der Waals surface area contributed by atoms with Crippen LogP contribution in [0.5, 0.6) is 0 Å². The van der Waals surface area contributed by atoms with Crippen LogP contribution < -0.4 is 10.6 Å². The van der Waals surface area contributed by atoms with Crippen LogP contribution in [0.3, 0.4) is 0 Å². The summed E-state index contributed by atoms with van der Waals surface area (Å²) in [5.41, 5.74) is 0. The highest BCUT2D eigenvalue weighted by Gasteiger charge is 2.21. The smallest absolute Gasteiger partial charge is 0.315 e. The van der Waals surface area contributed by atoms with Crippen molar-refractivity contribution in [2.45, 2.75) is 71.4 Å². The molecule has 0 spiro atoms. The van der Waals surface area contributed by atoms with Gasteiger partial charge in [0.15, 0.2) is 0 Å². The summed E-state index contributed by atoms with van der Waals surface area (Å²) in [6.45, 7) is 6.69. The lowest BCUT2D eigenvalue weighted by atomic mass is 9.85. The highest BCUT2D eigenvalue weighted by atomic mass is 16.3. The first kappa shape index (κ1) is 16.3. The third-order valence-electron chi connectivity index (χ3n) is 4.11. The number of urea groups is 1. The number of amides is 2. The number of nitrogens with one attached hydrogen (secondary N) is 2. The van der Waals surface area contributed by atoms with E-state index >= 15 is 0 Å². The minimum atomic E-state index is -0.302. The van der Waals surface area contributed by atoms with E-state index in [-0.39, 0.29) is 12.1 Å². The second-order valence-electron chi connectivity index (χ2n) is 6.17. The van der Waals surface area contributed by atoms with Gasteiger partial charge in [-0.25, -0.2) is 4.79 Å². The SMILES string of the molecule is CCC1CCC(NC(=O)NCC(C)CC(C)O)CC1. The molecule has 112 valence electrons. The molecule has 3 N–H and O–H groups in total. The van der Waals surface area contributed by atoms with Gasteiger partial charge >= 0.3 is 6.03 Å². The summed E-state index contributed by atoms with van der Waals surface area (Å²) in [6, 6.07) is 0.285. The number of carbonyl (C=O) groups excluding carboxylic acids is 1. The molecule has 4 heteroatoms. The van der Waals surface area contributed by atoms with Gasteiger partial charge in [-0.05, 0) is 50.9 Å². The molecule has 2 amide bonds. The van der Waals surface area contributed by atoms with Crippen molar-refractivity contribution in [1.29, 1.82) is 0 Å². The maximum Gasteiger partial charge on any atom is 0.315 e. The second kappa shape index (κ2) is 8.41. The van der Waals surface area contributed by atoms with Crippen molar-refractivity contribution in [3.05, 3.63) is 0 Å². The number of aliphatic hydroxyl groups is 1. The third kappa shape index (κ3) is 6.81. The monoisotopic (exact) mass is 270 g/mol. The molecule has 2 atom stereocenters. The number of rotatable bonds is 6. The zero-order valence-corrected chi connectivity index (χ0v) is 12.6. The van der Waals surface area contributed by atoms with Crippen LogP contribution in [-0.4, -0.2) is 29.8 Å². The van der Waals surface area contributed by atoms with Crippen LogP contribution in [0, 0.1) is 11.8 Å².